The Balaban J connectivity index is 1.69. The molecule has 0 radical (unpaired) electrons. The molecular formula is C19H21N5O2. The van der Waals surface area contributed by atoms with E-state index in [-0.39, 0.29) is 5.91 Å². The lowest BCUT2D eigenvalue weighted by molar-refractivity contribution is -0.129. The zero-order valence-electron chi connectivity index (χ0n) is 14.9. The highest BCUT2D eigenvalue weighted by Crippen LogP contribution is 2.30. The molecule has 7 nitrogen and oxygen atoms in total. The summed E-state index contributed by atoms with van der Waals surface area (Å²) in [7, 11) is 1.83. The first-order valence-electron chi connectivity index (χ1n) is 8.72. The van der Waals surface area contributed by atoms with Crippen LogP contribution in [0.2, 0.25) is 0 Å². The molecule has 3 heterocycles. The van der Waals surface area contributed by atoms with Gasteiger partial charge in [-0.05, 0) is 37.3 Å². The van der Waals surface area contributed by atoms with Crippen LogP contribution in [0.4, 0.5) is 5.82 Å². The number of H-pyrrole nitrogens is 1. The number of piperazine rings is 1. The largest absolute Gasteiger partial charge is 0.494 e. The van der Waals surface area contributed by atoms with Gasteiger partial charge in [-0.1, -0.05) is 0 Å². The number of nitrogens with one attached hydrogen (secondary N) is 1. The van der Waals surface area contributed by atoms with Crippen LogP contribution in [-0.4, -0.2) is 59.3 Å². The molecule has 3 aromatic rings. The highest BCUT2D eigenvalue weighted by molar-refractivity contribution is 5.94. The summed E-state index contributed by atoms with van der Waals surface area (Å²) in [5, 5.41) is 8.55. The fourth-order valence-electron chi connectivity index (χ4n) is 3.16. The number of aromatic nitrogens is 3. The van der Waals surface area contributed by atoms with E-state index in [1.807, 2.05) is 49.2 Å². The number of fused-ring (bicyclic) bond motifs is 1. The Morgan fingerprint density at radius 3 is 2.92 bits per heavy atom. The zero-order valence-corrected chi connectivity index (χ0v) is 14.9. The summed E-state index contributed by atoms with van der Waals surface area (Å²) in [5.74, 6) is 1.72. The van der Waals surface area contributed by atoms with Crippen LogP contribution in [-0.2, 0) is 4.79 Å². The predicted molar refractivity (Wildman–Crippen MR) is 100 cm³/mol. The van der Waals surface area contributed by atoms with E-state index in [9.17, 15) is 4.79 Å². The maximum Gasteiger partial charge on any atom is 0.241 e. The third-order valence-corrected chi connectivity index (χ3v) is 4.65. The lowest BCUT2D eigenvalue weighted by Crippen LogP contribution is -2.48. The van der Waals surface area contributed by atoms with Gasteiger partial charge >= 0.3 is 0 Å². The number of likely N-dealkylation sites (N-methyl/N-ethyl adjacent to an activating group) is 1. The number of benzene rings is 1. The molecule has 0 spiro atoms. The van der Waals surface area contributed by atoms with Crippen molar-refractivity contribution >= 4 is 22.6 Å². The average molecular weight is 351 g/mol. The molecule has 0 aliphatic carbocycles. The first-order valence-corrected chi connectivity index (χ1v) is 8.72. The fourth-order valence-corrected chi connectivity index (χ4v) is 3.16. The van der Waals surface area contributed by atoms with E-state index in [0.717, 1.165) is 40.3 Å². The highest BCUT2D eigenvalue weighted by atomic mass is 16.5. The summed E-state index contributed by atoms with van der Waals surface area (Å²) >= 11 is 0. The van der Waals surface area contributed by atoms with Crippen LogP contribution in [0, 0.1) is 0 Å². The van der Waals surface area contributed by atoms with Crippen molar-refractivity contribution in [3.8, 4) is 17.0 Å². The number of anilines is 1. The van der Waals surface area contributed by atoms with Crippen molar-refractivity contribution in [1.82, 2.24) is 20.1 Å². The summed E-state index contributed by atoms with van der Waals surface area (Å²) in [4.78, 5) is 20.2. The van der Waals surface area contributed by atoms with E-state index in [4.69, 9.17) is 4.74 Å². The molecule has 1 fully saturated rings. The van der Waals surface area contributed by atoms with Gasteiger partial charge < -0.3 is 14.5 Å². The van der Waals surface area contributed by atoms with Crippen LogP contribution in [0.3, 0.4) is 0 Å². The summed E-state index contributed by atoms with van der Waals surface area (Å²) in [5.41, 5.74) is 2.77. The summed E-state index contributed by atoms with van der Waals surface area (Å²) in [6.45, 7) is 4.41. The number of rotatable bonds is 4. The van der Waals surface area contributed by atoms with E-state index in [1.54, 1.807) is 11.1 Å². The number of amides is 1. The second-order valence-electron chi connectivity index (χ2n) is 6.35. The third kappa shape index (κ3) is 2.96. The van der Waals surface area contributed by atoms with Crippen molar-refractivity contribution in [3.05, 3.63) is 36.5 Å². The molecule has 0 atom stereocenters. The molecule has 1 aliphatic heterocycles. The topological polar surface area (TPSA) is 74.3 Å². The number of carbonyl (C=O) groups is 1. The molecule has 7 heteroatoms. The maximum atomic E-state index is 12.0. The Morgan fingerprint density at radius 1 is 1.23 bits per heavy atom. The van der Waals surface area contributed by atoms with Gasteiger partial charge in [-0.3, -0.25) is 9.89 Å². The van der Waals surface area contributed by atoms with Gasteiger partial charge in [0.2, 0.25) is 5.91 Å². The Bertz CT molecular complexity index is 952. The minimum Gasteiger partial charge on any atom is -0.494 e. The molecule has 26 heavy (non-hydrogen) atoms. The molecule has 134 valence electrons. The van der Waals surface area contributed by atoms with Crippen LogP contribution in [0.1, 0.15) is 6.92 Å². The standard InChI is InChI=1S/C19H21N5O2/c1-3-26-14-4-5-16-15(11-14)19(22-21-16)13-6-7-20-17(10-13)24-9-8-23(2)18(25)12-24/h4-7,10-11H,3,8-9,12H2,1-2H3,(H,21,22). The van der Waals surface area contributed by atoms with Gasteiger partial charge in [0, 0.05) is 37.3 Å². The van der Waals surface area contributed by atoms with Gasteiger partial charge in [0.25, 0.3) is 0 Å². The third-order valence-electron chi connectivity index (χ3n) is 4.65. The Hall–Kier alpha value is -3.09. The van der Waals surface area contributed by atoms with Gasteiger partial charge in [0.05, 0.1) is 18.7 Å². The predicted octanol–water partition coefficient (Wildman–Crippen LogP) is 2.30. The van der Waals surface area contributed by atoms with E-state index < -0.39 is 0 Å². The molecule has 0 saturated carbocycles. The number of hydrogen-bond donors (Lipinski definition) is 1. The quantitative estimate of drug-likeness (QED) is 0.781. The van der Waals surface area contributed by atoms with E-state index in [2.05, 4.69) is 15.2 Å². The van der Waals surface area contributed by atoms with Crippen LogP contribution in [0.5, 0.6) is 5.75 Å². The number of nitrogens with zero attached hydrogens (tertiary/aromatic N) is 4. The SMILES string of the molecule is CCOc1ccc2[nH]nc(-c3ccnc(N4CCN(C)C(=O)C4)c3)c2c1. The van der Waals surface area contributed by atoms with Crippen molar-refractivity contribution in [2.24, 2.45) is 0 Å². The fraction of sp³-hybridized carbons (Fsp3) is 0.316. The van der Waals surface area contributed by atoms with Gasteiger partial charge in [0.1, 0.15) is 17.3 Å². The minimum absolute atomic E-state index is 0.107. The first kappa shape index (κ1) is 16.4. The van der Waals surface area contributed by atoms with Crippen molar-refractivity contribution in [2.75, 3.05) is 38.2 Å². The summed E-state index contributed by atoms with van der Waals surface area (Å²) < 4.78 is 5.61. The van der Waals surface area contributed by atoms with Crippen LogP contribution < -0.4 is 9.64 Å². The second kappa shape index (κ2) is 6.67. The number of aromatic amines is 1. The monoisotopic (exact) mass is 351 g/mol. The van der Waals surface area contributed by atoms with Gasteiger partial charge in [-0.15, -0.1) is 0 Å². The van der Waals surface area contributed by atoms with Gasteiger partial charge in [0.15, 0.2) is 0 Å². The van der Waals surface area contributed by atoms with Crippen molar-refractivity contribution in [1.29, 1.82) is 0 Å². The van der Waals surface area contributed by atoms with E-state index in [1.165, 1.54) is 0 Å². The summed E-state index contributed by atoms with van der Waals surface area (Å²) in [6.07, 6.45) is 1.76. The van der Waals surface area contributed by atoms with Gasteiger partial charge in [-0.25, -0.2) is 4.98 Å². The minimum atomic E-state index is 0.107. The number of ether oxygens (including phenoxy) is 1. The number of carbonyl (C=O) groups excluding carboxylic acids is 1. The second-order valence-corrected chi connectivity index (χ2v) is 6.35. The Morgan fingerprint density at radius 2 is 2.12 bits per heavy atom. The first-order chi connectivity index (χ1) is 12.7. The molecular weight excluding hydrogens is 330 g/mol. The maximum absolute atomic E-state index is 12.0. The Labute approximate surface area is 151 Å². The zero-order chi connectivity index (χ0) is 18.1. The van der Waals surface area contributed by atoms with Gasteiger partial charge in [-0.2, -0.15) is 5.10 Å². The Kier molecular flexibility index (Phi) is 4.20. The lowest BCUT2D eigenvalue weighted by atomic mass is 10.1. The van der Waals surface area contributed by atoms with Crippen LogP contribution in [0.15, 0.2) is 36.5 Å². The molecule has 0 unspecified atom stereocenters. The molecule has 1 saturated heterocycles. The van der Waals surface area contributed by atoms with E-state index in [0.29, 0.717) is 19.7 Å². The molecule has 1 aliphatic rings. The number of pyridine rings is 1. The van der Waals surface area contributed by atoms with Crippen molar-refractivity contribution < 1.29 is 9.53 Å². The van der Waals surface area contributed by atoms with Crippen molar-refractivity contribution in [3.63, 3.8) is 0 Å². The van der Waals surface area contributed by atoms with E-state index >= 15 is 0 Å². The molecule has 2 aromatic heterocycles. The molecule has 1 N–H and O–H groups in total. The molecule has 0 bridgehead atoms. The summed E-state index contributed by atoms with van der Waals surface area (Å²) in [6, 6.07) is 9.82. The molecule has 1 aromatic carbocycles. The average Bonchev–Trinajstić information content (AvgIpc) is 3.08. The normalized spacial score (nSPS) is 14.9. The van der Waals surface area contributed by atoms with Crippen LogP contribution in [0.25, 0.3) is 22.2 Å². The highest BCUT2D eigenvalue weighted by Gasteiger charge is 2.22. The molecule has 4 rings (SSSR count). The number of hydrogen-bond acceptors (Lipinski definition) is 5. The smallest absolute Gasteiger partial charge is 0.241 e. The molecule has 1 amide bonds. The van der Waals surface area contributed by atoms with Crippen LogP contribution >= 0.6 is 0 Å². The lowest BCUT2D eigenvalue weighted by Gasteiger charge is -2.32. The van der Waals surface area contributed by atoms with Crippen molar-refractivity contribution in [2.45, 2.75) is 6.92 Å².